The van der Waals surface area contributed by atoms with E-state index >= 15 is 0 Å². The highest BCUT2D eigenvalue weighted by atomic mass is 32.1. The first-order chi connectivity index (χ1) is 11.3. The zero-order valence-corrected chi connectivity index (χ0v) is 13.7. The van der Waals surface area contributed by atoms with Crippen LogP contribution >= 0.6 is 11.3 Å². The van der Waals surface area contributed by atoms with Gasteiger partial charge in [-0.1, -0.05) is 37.6 Å². The summed E-state index contributed by atoms with van der Waals surface area (Å²) in [7, 11) is 0. The number of carbonyl (C=O) groups is 2. The molecule has 0 aliphatic carbocycles. The summed E-state index contributed by atoms with van der Waals surface area (Å²) in [6, 6.07) is 11.4. The molecule has 0 saturated carbocycles. The molecule has 0 bridgehead atoms. The van der Waals surface area contributed by atoms with E-state index in [-0.39, 0.29) is 5.91 Å². The number of para-hydroxylation sites is 1. The first kappa shape index (κ1) is 15.5. The van der Waals surface area contributed by atoms with Crippen LogP contribution in [0.5, 0.6) is 0 Å². The predicted octanol–water partition coefficient (Wildman–Crippen LogP) is 4.57. The van der Waals surface area contributed by atoms with E-state index in [4.69, 9.17) is 0 Å². The molecule has 4 nitrogen and oxygen atoms in total. The minimum absolute atomic E-state index is 0.179. The number of benzene rings is 1. The van der Waals surface area contributed by atoms with Crippen molar-refractivity contribution < 1.29 is 9.59 Å². The second-order valence-corrected chi connectivity index (χ2v) is 6.28. The fourth-order valence-corrected chi connectivity index (χ4v) is 3.34. The number of nitrogens with one attached hydrogen (secondary N) is 1. The molecule has 3 aromatic rings. The third-order valence-corrected chi connectivity index (χ3v) is 4.71. The van der Waals surface area contributed by atoms with Crippen LogP contribution in [0.2, 0.25) is 0 Å². The van der Waals surface area contributed by atoms with E-state index in [1.807, 2.05) is 40.3 Å². The molecule has 118 valence electrons. The summed E-state index contributed by atoms with van der Waals surface area (Å²) in [4.78, 5) is 24.7. The van der Waals surface area contributed by atoms with Gasteiger partial charge in [0.05, 0.1) is 16.1 Å². The molecule has 0 atom stereocenters. The van der Waals surface area contributed by atoms with Gasteiger partial charge in [0.15, 0.2) is 6.29 Å². The van der Waals surface area contributed by atoms with Crippen molar-refractivity contribution in [1.29, 1.82) is 0 Å². The maximum atomic E-state index is 12.4. The number of hydrogen-bond acceptors (Lipinski definition) is 3. The Morgan fingerprint density at radius 3 is 2.78 bits per heavy atom. The van der Waals surface area contributed by atoms with Crippen LogP contribution in [0, 0.1) is 0 Å². The summed E-state index contributed by atoms with van der Waals surface area (Å²) in [5, 5.41) is 5.68. The van der Waals surface area contributed by atoms with E-state index in [1.165, 1.54) is 11.3 Å². The summed E-state index contributed by atoms with van der Waals surface area (Å²) >= 11 is 1.38. The Bertz CT molecular complexity index is 834. The normalized spacial score (nSPS) is 10.8. The van der Waals surface area contributed by atoms with Crippen molar-refractivity contribution in [3.05, 3.63) is 52.3 Å². The molecular formula is C18H18N2O2S. The molecular weight excluding hydrogens is 308 g/mol. The Kier molecular flexibility index (Phi) is 4.57. The van der Waals surface area contributed by atoms with Gasteiger partial charge >= 0.3 is 0 Å². The summed E-state index contributed by atoms with van der Waals surface area (Å²) in [5.74, 6) is -0.179. The number of rotatable bonds is 6. The molecule has 0 radical (unpaired) electrons. The minimum atomic E-state index is -0.179. The standard InChI is InChI=1S/C18H18N2O2S/c1-2-3-10-20-14-8-5-4-7-13(14)17(15(20)12-21)19-18(22)16-9-6-11-23-16/h4-9,11-12H,2-3,10H2,1H3,(H,19,22). The third kappa shape index (κ3) is 2.92. The van der Waals surface area contributed by atoms with Gasteiger partial charge < -0.3 is 9.88 Å². The Labute approximate surface area is 138 Å². The fraction of sp³-hybridized carbons (Fsp3) is 0.222. The number of anilines is 1. The van der Waals surface area contributed by atoms with Gasteiger partial charge in [-0.15, -0.1) is 11.3 Å². The second kappa shape index (κ2) is 6.79. The van der Waals surface area contributed by atoms with Gasteiger partial charge in [0.1, 0.15) is 5.69 Å². The van der Waals surface area contributed by atoms with Crippen LogP contribution < -0.4 is 5.32 Å². The molecule has 1 N–H and O–H groups in total. The van der Waals surface area contributed by atoms with Crippen LogP contribution in [0.3, 0.4) is 0 Å². The molecule has 5 heteroatoms. The number of fused-ring (bicyclic) bond motifs is 1. The first-order valence-electron chi connectivity index (χ1n) is 7.67. The minimum Gasteiger partial charge on any atom is -0.337 e. The first-order valence-corrected chi connectivity index (χ1v) is 8.55. The Balaban J connectivity index is 2.08. The van der Waals surface area contributed by atoms with Crippen LogP contribution in [-0.4, -0.2) is 16.8 Å². The highest BCUT2D eigenvalue weighted by molar-refractivity contribution is 7.12. The van der Waals surface area contributed by atoms with E-state index in [1.54, 1.807) is 6.07 Å². The van der Waals surface area contributed by atoms with Crippen molar-refractivity contribution in [2.45, 2.75) is 26.3 Å². The maximum absolute atomic E-state index is 12.4. The quantitative estimate of drug-likeness (QED) is 0.675. The third-order valence-electron chi connectivity index (χ3n) is 3.84. The number of unbranched alkanes of at least 4 members (excludes halogenated alkanes) is 1. The molecule has 0 spiro atoms. The molecule has 2 aromatic heterocycles. The van der Waals surface area contributed by atoms with Crippen molar-refractivity contribution in [2.75, 3.05) is 5.32 Å². The Morgan fingerprint density at radius 1 is 1.26 bits per heavy atom. The average molecular weight is 326 g/mol. The summed E-state index contributed by atoms with van der Waals surface area (Å²) in [5.41, 5.74) is 2.11. The number of carbonyl (C=O) groups excluding carboxylic acids is 2. The van der Waals surface area contributed by atoms with Crippen molar-refractivity contribution in [3.8, 4) is 0 Å². The molecule has 0 saturated heterocycles. The zero-order valence-electron chi connectivity index (χ0n) is 12.9. The lowest BCUT2D eigenvalue weighted by molar-refractivity contribution is 0.103. The van der Waals surface area contributed by atoms with E-state index < -0.39 is 0 Å². The topological polar surface area (TPSA) is 51.1 Å². The largest absolute Gasteiger partial charge is 0.337 e. The average Bonchev–Trinajstić information content (AvgIpc) is 3.20. The molecule has 0 fully saturated rings. The molecule has 0 aliphatic rings. The number of aryl methyl sites for hydroxylation is 1. The number of thiophene rings is 1. The van der Waals surface area contributed by atoms with Gasteiger partial charge in [-0.05, 0) is 23.9 Å². The Hall–Kier alpha value is -2.40. The number of amides is 1. The van der Waals surface area contributed by atoms with Gasteiger partial charge in [0.25, 0.3) is 5.91 Å². The number of nitrogens with zero attached hydrogens (tertiary/aromatic N) is 1. The molecule has 2 heterocycles. The van der Waals surface area contributed by atoms with Crippen molar-refractivity contribution >= 4 is 40.1 Å². The van der Waals surface area contributed by atoms with Gasteiger partial charge in [0, 0.05) is 11.9 Å². The van der Waals surface area contributed by atoms with E-state index in [9.17, 15) is 9.59 Å². The van der Waals surface area contributed by atoms with Crippen LogP contribution in [0.4, 0.5) is 5.69 Å². The molecule has 1 amide bonds. The summed E-state index contributed by atoms with van der Waals surface area (Å²) in [6.45, 7) is 2.88. The fourth-order valence-electron chi connectivity index (χ4n) is 2.72. The van der Waals surface area contributed by atoms with E-state index in [0.29, 0.717) is 16.3 Å². The summed E-state index contributed by atoms with van der Waals surface area (Å²) < 4.78 is 2.00. The van der Waals surface area contributed by atoms with Crippen LogP contribution in [-0.2, 0) is 6.54 Å². The zero-order chi connectivity index (χ0) is 16.2. The molecule has 23 heavy (non-hydrogen) atoms. The second-order valence-electron chi connectivity index (χ2n) is 5.33. The SMILES string of the molecule is CCCCn1c(C=O)c(NC(=O)c2cccs2)c2ccccc21. The number of hydrogen-bond donors (Lipinski definition) is 1. The van der Waals surface area contributed by atoms with Gasteiger partial charge in [-0.3, -0.25) is 9.59 Å². The maximum Gasteiger partial charge on any atom is 0.265 e. The highest BCUT2D eigenvalue weighted by Crippen LogP contribution is 2.31. The highest BCUT2D eigenvalue weighted by Gasteiger charge is 2.19. The van der Waals surface area contributed by atoms with Crippen molar-refractivity contribution in [2.24, 2.45) is 0 Å². The number of aromatic nitrogens is 1. The van der Waals surface area contributed by atoms with Crippen LogP contribution in [0.15, 0.2) is 41.8 Å². The lowest BCUT2D eigenvalue weighted by Gasteiger charge is -2.07. The van der Waals surface area contributed by atoms with Crippen molar-refractivity contribution in [3.63, 3.8) is 0 Å². The van der Waals surface area contributed by atoms with Gasteiger partial charge in [-0.2, -0.15) is 0 Å². The predicted molar refractivity (Wildman–Crippen MR) is 94.5 cm³/mol. The van der Waals surface area contributed by atoms with Gasteiger partial charge in [-0.25, -0.2) is 0 Å². The molecule has 1 aromatic carbocycles. The summed E-state index contributed by atoms with van der Waals surface area (Å²) in [6.07, 6.45) is 2.86. The number of aldehydes is 1. The van der Waals surface area contributed by atoms with E-state index in [2.05, 4.69) is 12.2 Å². The van der Waals surface area contributed by atoms with Crippen LogP contribution in [0.25, 0.3) is 10.9 Å². The smallest absolute Gasteiger partial charge is 0.265 e. The van der Waals surface area contributed by atoms with Crippen LogP contribution in [0.1, 0.15) is 39.9 Å². The molecule has 3 rings (SSSR count). The van der Waals surface area contributed by atoms with E-state index in [0.717, 1.165) is 36.6 Å². The monoisotopic (exact) mass is 326 g/mol. The Morgan fingerprint density at radius 2 is 2.09 bits per heavy atom. The van der Waals surface area contributed by atoms with Gasteiger partial charge in [0.2, 0.25) is 0 Å². The molecule has 0 unspecified atom stereocenters. The van der Waals surface area contributed by atoms with Crippen molar-refractivity contribution in [1.82, 2.24) is 4.57 Å². The lowest BCUT2D eigenvalue weighted by Crippen LogP contribution is -2.12. The molecule has 0 aliphatic heterocycles. The lowest BCUT2D eigenvalue weighted by atomic mass is 10.2.